The molecule has 0 amide bonds. The predicted octanol–water partition coefficient (Wildman–Crippen LogP) is 3.74. The van der Waals surface area contributed by atoms with E-state index in [0.717, 1.165) is 28.6 Å². The molecule has 0 saturated heterocycles. The highest BCUT2D eigenvalue weighted by Gasteiger charge is 2.20. The first kappa shape index (κ1) is 19.6. The van der Waals surface area contributed by atoms with Gasteiger partial charge in [-0.05, 0) is 56.8 Å². The van der Waals surface area contributed by atoms with Crippen molar-refractivity contribution in [2.24, 2.45) is 0 Å². The molecule has 5 nitrogen and oxygen atoms in total. The number of nitrogens with zero attached hydrogens (tertiary/aromatic N) is 1. The number of hydrogen-bond donors (Lipinski definition) is 2. The number of sulfone groups is 1. The molecule has 2 aromatic carbocycles. The van der Waals surface area contributed by atoms with Crippen LogP contribution in [0.25, 0.3) is 0 Å². The number of nitrogens with one attached hydrogen (secondary N) is 2. The number of benzene rings is 2. The molecule has 0 radical (unpaired) electrons. The number of rotatable bonds is 4. The van der Waals surface area contributed by atoms with Crippen LogP contribution in [0.4, 0.5) is 5.69 Å². The summed E-state index contributed by atoms with van der Waals surface area (Å²) in [5.41, 5.74) is 3.87. The molecule has 7 heteroatoms. The molecule has 0 aromatic heterocycles. The first-order chi connectivity index (χ1) is 12.2. The molecule has 0 atom stereocenters. The normalized spacial score (nSPS) is 11.5. The van der Waals surface area contributed by atoms with E-state index in [1.54, 1.807) is 18.2 Å². The minimum atomic E-state index is -3.90. The Bertz CT molecular complexity index is 1000. The van der Waals surface area contributed by atoms with Crippen LogP contribution in [0.5, 0.6) is 0 Å². The van der Waals surface area contributed by atoms with Gasteiger partial charge >= 0.3 is 0 Å². The summed E-state index contributed by atoms with van der Waals surface area (Å²) >= 11 is 5.18. The summed E-state index contributed by atoms with van der Waals surface area (Å²) in [7, 11) is -3.90. The highest BCUT2D eigenvalue weighted by atomic mass is 32.2. The van der Waals surface area contributed by atoms with Gasteiger partial charge in [0, 0.05) is 11.9 Å². The zero-order chi connectivity index (χ0) is 19.3. The summed E-state index contributed by atoms with van der Waals surface area (Å²) in [5.74, 6) is 0. The molecule has 0 aliphatic carbocycles. The van der Waals surface area contributed by atoms with Crippen LogP contribution in [-0.4, -0.2) is 13.5 Å². The molecule has 134 valence electrons. The molecular formula is C19H19N3O2S2. The zero-order valence-electron chi connectivity index (χ0n) is 14.7. The van der Waals surface area contributed by atoms with Gasteiger partial charge < -0.3 is 10.6 Å². The van der Waals surface area contributed by atoms with E-state index in [-0.39, 0.29) is 10.0 Å². The second kappa shape index (κ2) is 8.13. The van der Waals surface area contributed by atoms with Crippen molar-refractivity contribution in [1.29, 1.82) is 5.26 Å². The van der Waals surface area contributed by atoms with Crippen molar-refractivity contribution in [2.75, 3.05) is 5.32 Å². The Kier molecular flexibility index (Phi) is 6.14. The van der Waals surface area contributed by atoms with Crippen LogP contribution < -0.4 is 10.6 Å². The van der Waals surface area contributed by atoms with Crippen LogP contribution in [0.2, 0.25) is 0 Å². The number of allylic oxidation sites excluding steroid dienone is 1. The Balaban J connectivity index is 2.17. The molecule has 0 saturated carbocycles. The first-order valence-electron chi connectivity index (χ1n) is 7.81. The summed E-state index contributed by atoms with van der Waals surface area (Å²) in [6, 6.07) is 13.9. The lowest BCUT2D eigenvalue weighted by Gasteiger charge is -2.11. The Labute approximate surface area is 159 Å². The molecule has 26 heavy (non-hydrogen) atoms. The summed E-state index contributed by atoms with van der Waals surface area (Å²) in [4.78, 5) is -0.350. The number of thiocarbonyl (C=S) groups is 1. The summed E-state index contributed by atoms with van der Waals surface area (Å²) in [6.07, 6.45) is 1.11. The second-order valence-corrected chi connectivity index (χ2v) is 8.18. The van der Waals surface area contributed by atoms with Gasteiger partial charge in [0.05, 0.1) is 4.90 Å². The second-order valence-electron chi connectivity index (χ2n) is 5.85. The smallest absolute Gasteiger partial charge is 0.218 e. The van der Waals surface area contributed by atoms with E-state index in [0.29, 0.717) is 0 Å². The molecule has 2 N–H and O–H groups in total. The van der Waals surface area contributed by atoms with E-state index in [4.69, 9.17) is 12.2 Å². The number of hydrogen-bond acceptors (Lipinski definition) is 4. The lowest BCUT2D eigenvalue weighted by Crippen LogP contribution is -2.25. The fourth-order valence-corrected chi connectivity index (χ4v) is 3.51. The fraction of sp³-hybridized carbons (Fsp3) is 0.158. The first-order valence-corrected chi connectivity index (χ1v) is 9.70. The van der Waals surface area contributed by atoms with E-state index >= 15 is 0 Å². The standard InChI is InChI=1S/C19H19N3O2S2/c1-13-4-7-16(8-5-13)26(23,24)17(11-20)12-21-19(25)22-18-9-6-14(2)10-15(18)3/h4-10,12H,1-3H3,(H2,21,22,25)/b17-12+. The topological polar surface area (TPSA) is 82.0 Å². The van der Waals surface area contributed by atoms with E-state index in [2.05, 4.69) is 10.6 Å². The van der Waals surface area contributed by atoms with Gasteiger partial charge in [0.25, 0.3) is 0 Å². The molecule has 0 aliphatic heterocycles. The molecule has 2 rings (SSSR count). The van der Waals surface area contributed by atoms with Gasteiger partial charge in [-0.15, -0.1) is 0 Å². The van der Waals surface area contributed by atoms with Gasteiger partial charge in [0.2, 0.25) is 9.84 Å². The SMILES string of the molecule is Cc1ccc(S(=O)(=O)/C(C#N)=C/NC(=S)Nc2ccc(C)cc2C)cc1. The summed E-state index contributed by atoms with van der Waals surface area (Å²) < 4.78 is 25.1. The molecule has 0 unspecified atom stereocenters. The predicted molar refractivity (Wildman–Crippen MR) is 107 cm³/mol. The van der Waals surface area contributed by atoms with E-state index in [1.165, 1.54) is 12.1 Å². The van der Waals surface area contributed by atoms with Crippen molar-refractivity contribution in [3.8, 4) is 6.07 Å². The molecule has 0 fully saturated rings. The van der Waals surface area contributed by atoms with E-state index < -0.39 is 14.7 Å². The van der Waals surface area contributed by atoms with Crippen molar-refractivity contribution in [3.05, 3.63) is 70.3 Å². The van der Waals surface area contributed by atoms with Crippen LogP contribution in [0.3, 0.4) is 0 Å². The highest BCUT2D eigenvalue weighted by molar-refractivity contribution is 7.95. The van der Waals surface area contributed by atoms with Crippen LogP contribution in [0.1, 0.15) is 16.7 Å². The van der Waals surface area contributed by atoms with Crippen molar-refractivity contribution in [1.82, 2.24) is 5.32 Å². The quantitative estimate of drug-likeness (QED) is 0.616. The lowest BCUT2D eigenvalue weighted by molar-refractivity contribution is 0.603. The van der Waals surface area contributed by atoms with Gasteiger partial charge in [-0.3, -0.25) is 0 Å². The van der Waals surface area contributed by atoms with Crippen LogP contribution in [-0.2, 0) is 9.84 Å². The molecule has 2 aromatic rings. The Hall–Kier alpha value is -2.69. The molecular weight excluding hydrogens is 366 g/mol. The largest absolute Gasteiger partial charge is 0.337 e. The van der Waals surface area contributed by atoms with Crippen LogP contribution >= 0.6 is 12.2 Å². The number of aryl methyl sites for hydroxylation is 3. The Morgan fingerprint density at radius 1 is 1.08 bits per heavy atom. The van der Waals surface area contributed by atoms with Crippen molar-refractivity contribution in [3.63, 3.8) is 0 Å². The van der Waals surface area contributed by atoms with Gasteiger partial charge in [-0.1, -0.05) is 35.4 Å². The average molecular weight is 386 g/mol. The zero-order valence-corrected chi connectivity index (χ0v) is 16.3. The maximum absolute atomic E-state index is 12.5. The highest BCUT2D eigenvalue weighted by Crippen LogP contribution is 2.19. The minimum Gasteiger partial charge on any atom is -0.337 e. The third kappa shape index (κ3) is 4.69. The third-order valence-electron chi connectivity index (χ3n) is 3.70. The van der Waals surface area contributed by atoms with Crippen molar-refractivity contribution < 1.29 is 8.42 Å². The number of nitriles is 1. The Morgan fingerprint density at radius 3 is 2.27 bits per heavy atom. The van der Waals surface area contributed by atoms with Crippen LogP contribution in [0.15, 0.2) is 58.5 Å². The van der Waals surface area contributed by atoms with E-state index in [1.807, 2.05) is 39.0 Å². The molecule has 0 spiro atoms. The molecule has 0 bridgehead atoms. The van der Waals surface area contributed by atoms with Gasteiger partial charge in [0.15, 0.2) is 10.0 Å². The van der Waals surface area contributed by atoms with Crippen LogP contribution in [0, 0.1) is 32.1 Å². The summed E-state index contributed by atoms with van der Waals surface area (Å²) in [5, 5.41) is 15.1. The maximum Gasteiger partial charge on any atom is 0.218 e. The third-order valence-corrected chi connectivity index (χ3v) is 5.60. The Morgan fingerprint density at radius 2 is 1.69 bits per heavy atom. The summed E-state index contributed by atoms with van der Waals surface area (Å²) in [6.45, 7) is 5.79. The van der Waals surface area contributed by atoms with Gasteiger partial charge in [0.1, 0.15) is 6.07 Å². The molecule has 0 aliphatic rings. The van der Waals surface area contributed by atoms with Gasteiger partial charge in [-0.2, -0.15) is 5.26 Å². The van der Waals surface area contributed by atoms with E-state index in [9.17, 15) is 13.7 Å². The fourth-order valence-electron chi connectivity index (χ4n) is 2.26. The van der Waals surface area contributed by atoms with Crippen molar-refractivity contribution >= 4 is 32.9 Å². The van der Waals surface area contributed by atoms with Crippen molar-refractivity contribution in [2.45, 2.75) is 25.7 Å². The monoisotopic (exact) mass is 385 g/mol. The maximum atomic E-state index is 12.5. The number of anilines is 1. The lowest BCUT2D eigenvalue weighted by atomic mass is 10.1. The van der Waals surface area contributed by atoms with Gasteiger partial charge in [-0.25, -0.2) is 8.42 Å². The molecule has 0 heterocycles. The minimum absolute atomic E-state index is 0.0611. The average Bonchev–Trinajstić information content (AvgIpc) is 2.58.